The highest BCUT2D eigenvalue weighted by atomic mass is 15.3. The van der Waals surface area contributed by atoms with E-state index in [1.807, 2.05) is 0 Å². The Morgan fingerprint density at radius 1 is 1.17 bits per heavy atom. The van der Waals surface area contributed by atoms with Crippen LogP contribution in [0.1, 0.15) is 37.8 Å². The molecule has 1 saturated heterocycles. The molecule has 0 radical (unpaired) electrons. The fourth-order valence-corrected chi connectivity index (χ4v) is 3.56. The van der Waals surface area contributed by atoms with Gasteiger partial charge in [-0.2, -0.15) is 0 Å². The van der Waals surface area contributed by atoms with Gasteiger partial charge in [0, 0.05) is 31.7 Å². The molecule has 0 aromatic heterocycles. The number of hydrogen-bond donors (Lipinski definition) is 0. The fourth-order valence-electron chi connectivity index (χ4n) is 3.56. The number of likely N-dealkylation sites (tertiary alicyclic amines) is 1. The zero-order valence-corrected chi connectivity index (χ0v) is 11.6. The average Bonchev–Trinajstić information content (AvgIpc) is 2.94. The highest BCUT2D eigenvalue weighted by Crippen LogP contribution is 2.26. The zero-order chi connectivity index (χ0) is 12.5. The molecular weight excluding hydrogens is 220 g/mol. The van der Waals surface area contributed by atoms with E-state index in [2.05, 4.69) is 47.9 Å². The summed E-state index contributed by atoms with van der Waals surface area (Å²) >= 11 is 0. The fraction of sp³-hybridized carbons (Fsp3) is 0.625. The summed E-state index contributed by atoms with van der Waals surface area (Å²) in [5.41, 5.74) is 3.07. The van der Waals surface area contributed by atoms with Crippen LogP contribution in [-0.2, 0) is 13.1 Å². The van der Waals surface area contributed by atoms with Gasteiger partial charge in [0.1, 0.15) is 0 Å². The number of benzene rings is 1. The Labute approximate surface area is 111 Å². The van der Waals surface area contributed by atoms with Crippen molar-refractivity contribution >= 4 is 0 Å². The maximum atomic E-state index is 2.68. The lowest BCUT2D eigenvalue weighted by Crippen LogP contribution is -2.41. The van der Waals surface area contributed by atoms with Crippen molar-refractivity contribution in [3.63, 3.8) is 0 Å². The Hall–Kier alpha value is -0.860. The van der Waals surface area contributed by atoms with Crippen molar-refractivity contribution < 1.29 is 0 Å². The van der Waals surface area contributed by atoms with E-state index in [1.165, 1.54) is 37.1 Å². The summed E-state index contributed by atoms with van der Waals surface area (Å²) in [5, 5.41) is 0. The lowest BCUT2D eigenvalue weighted by molar-refractivity contribution is 0.146. The van der Waals surface area contributed by atoms with Crippen molar-refractivity contribution in [1.29, 1.82) is 0 Å². The molecule has 0 spiro atoms. The molecule has 0 aliphatic carbocycles. The van der Waals surface area contributed by atoms with Crippen LogP contribution in [0.25, 0.3) is 0 Å². The van der Waals surface area contributed by atoms with Gasteiger partial charge in [-0.1, -0.05) is 24.3 Å². The van der Waals surface area contributed by atoms with E-state index < -0.39 is 0 Å². The first-order chi connectivity index (χ1) is 8.74. The third kappa shape index (κ3) is 2.32. The Balaban J connectivity index is 1.62. The average molecular weight is 244 g/mol. The number of fused-ring (bicyclic) bond motifs is 1. The molecule has 0 bridgehead atoms. The van der Waals surface area contributed by atoms with Crippen LogP contribution in [0.2, 0.25) is 0 Å². The molecule has 0 saturated carbocycles. The molecule has 2 heteroatoms. The molecule has 1 unspecified atom stereocenters. The molecular formula is C16H24N2. The number of rotatable bonds is 3. The summed E-state index contributed by atoms with van der Waals surface area (Å²) in [4.78, 5) is 5.30. The van der Waals surface area contributed by atoms with Gasteiger partial charge >= 0.3 is 0 Å². The predicted octanol–water partition coefficient (Wildman–Crippen LogP) is 2.88. The second-order valence-electron chi connectivity index (χ2n) is 6.07. The maximum Gasteiger partial charge on any atom is 0.0241 e. The molecule has 1 fully saturated rings. The van der Waals surface area contributed by atoms with Crippen LogP contribution >= 0.6 is 0 Å². The first kappa shape index (κ1) is 12.2. The highest BCUT2D eigenvalue weighted by molar-refractivity contribution is 5.30. The molecule has 0 N–H and O–H groups in total. The van der Waals surface area contributed by atoms with Crippen molar-refractivity contribution in [2.45, 2.75) is 51.9 Å². The topological polar surface area (TPSA) is 6.48 Å². The zero-order valence-electron chi connectivity index (χ0n) is 11.6. The third-order valence-corrected chi connectivity index (χ3v) is 4.46. The molecule has 2 aliphatic heterocycles. The first-order valence-electron chi connectivity index (χ1n) is 7.29. The van der Waals surface area contributed by atoms with Gasteiger partial charge < -0.3 is 0 Å². The van der Waals surface area contributed by atoms with E-state index in [9.17, 15) is 0 Å². The van der Waals surface area contributed by atoms with Gasteiger partial charge in [-0.05, 0) is 44.4 Å². The van der Waals surface area contributed by atoms with Gasteiger partial charge in [0.05, 0.1) is 0 Å². The minimum Gasteiger partial charge on any atom is -0.297 e. The number of nitrogens with zero attached hydrogens (tertiary/aromatic N) is 2. The van der Waals surface area contributed by atoms with Gasteiger partial charge in [-0.15, -0.1) is 0 Å². The molecule has 0 amide bonds. The van der Waals surface area contributed by atoms with Crippen LogP contribution in [0.3, 0.4) is 0 Å². The molecule has 18 heavy (non-hydrogen) atoms. The van der Waals surface area contributed by atoms with Crippen LogP contribution in [0.5, 0.6) is 0 Å². The Morgan fingerprint density at radius 2 is 1.83 bits per heavy atom. The normalized spacial score (nSPS) is 24.9. The molecule has 2 nitrogen and oxygen atoms in total. The number of hydrogen-bond acceptors (Lipinski definition) is 2. The Bertz CT molecular complexity index is 388. The standard InChI is InChI=1S/C16H24N2/c1-13(2)18-9-5-8-16(18)12-17-10-14-6-3-4-7-15(14)11-17/h3-4,6-7,13,16H,5,8-12H2,1-2H3. The second-order valence-corrected chi connectivity index (χ2v) is 6.07. The first-order valence-corrected chi connectivity index (χ1v) is 7.29. The van der Waals surface area contributed by atoms with E-state index in [0.717, 1.165) is 19.1 Å². The van der Waals surface area contributed by atoms with Crippen molar-refractivity contribution in [3.8, 4) is 0 Å². The largest absolute Gasteiger partial charge is 0.297 e. The van der Waals surface area contributed by atoms with E-state index in [-0.39, 0.29) is 0 Å². The smallest absolute Gasteiger partial charge is 0.0241 e. The van der Waals surface area contributed by atoms with Crippen molar-refractivity contribution in [1.82, 2.24) is 9.80 Å². The second kappa shape index (κ2) is 5.02. The van der Waals surface area contributed by atoms with E-state index >= 15 is 0 Å². The summed E-state index contributed by atoms with van der Waals surface area (Å²) in [6, 6.07) is 10.4. The van der Waals surface area contributed by atoms with Crippen LogP contribution in [0.4, 0.5) is 0 Å². The maximum absolute atomic E-state index is 2.68. The Kier molecular flexibility index (Phi) is 3.40. The summed E-state index contributed by atoms with van der Waals surface area (Å²) in [7, 11) is 0. The highest BCUT2D eigenvalue weighted by Gasteiger charge is 2.29. The molecule has 2 aliphatic rings. The minimum absolute atomic E-state index is 0.697. The van der Waals surface area contributed by atoms with Crippen molar-refractivity contribution in [2.75, 3.05) is 13.1 Å². The summed E-state index contributed by atoms with van der Waals surface area (Å²) in [5.74, 6) is 0. The summed E-state index contributed by atoms with van der Waals surface area (Å²) < 4.78 is 0. The van der Waals surface area contributed by atoms with Crippen LogP contribution in [-0.4, -0.2) is 35.0 Å². The lowest BCUT2D eigenvalue weighted by Gasteiger charge is -2.31. The molecule has 1 atom stereocenters. The van der Waals surface area contributed by atoms with Gasteiger partial charge in [-0.3, -0.25) is 9.80 Å². The molecule has 2 heterocycles. The van der Waals surface area contributed by atoms with Crippen molar-refractivity contribution in [3.05, 3.63) is 35.4 Å². The van der Waals surface area contributed by atoms with Crippen LogP contribution in [0.15, 0.2) is 24.3 Å². The minimum atomic E-state index is 0.697. The molecule has 98 valence electrons. The van der Waals surface area contributed by atoms with Gasteiger partial charge in [0.2, 0.25) is 0 Å². The van der Waals surface area contributed by atoms with Gasteiger partial charge in [0.15, 0.2) is 0 Å². The van der Waals surface area contributed by atoms with E-state index in [0.29, 0.717) is 6.04 Å². The Morgan fingerprint density at radius 3 is 2.44 bits per heavy atom. The molecule has 1 aromatic carbocycles. The van der Waals surface area contributed by atoms with Gasteiger partial charge in [-0.25, -0.2) is 0 Å². The van der Waals surface area contributed by atoms with E-state index in [1.54, 1.807) is 0 Å². The predicted molar refractivity (Wildman–Crippen MR) is 75.4 cm³/mol. The molecule has 3 rings (SSSR count). The third-order valence-electron chi connectivity index (χ3n) is 4.46. The van der Waals surface area contributed by atoms with E-state index in [4.69, 9.17) is 0 Å². The van der Waals surface area contributed by atoms with Crippen molar-refractivity contribution in [2.24, 2.45) is 0 Å². The van der Waals surface area contributed by atoms with Crippen LogP contribution < -0.4 is 0 Å². The lowest BCUT2D eigenvalue weighted by atomic mass is 10.1. The quantitative estimate of drug-likeness (QED) is 0.806. The van der Waals surface area contributed by atoms with Crippen LogP contribution in [0, 0.1) is 0 Å². The molecule has 1 aromatic rings. The SMILES string of the molecule is CC(C)N1CCCC1CN1Cc2ccccc2C1. The van der Waals surface area contributed by atoms with Gasteiger partial charge in [0.25, 0.3) is 0 Å². The monoisotopic (exact) mass is 244 g/mol. The summed E-state index contributed by atoms with van der Waals surface area (Å²) in [6.45, 7) is 9.50. The summed E-state index contributed by atoms with van der Waals surface area (Å²) in [6.07, 6.45) is 2.76.